The Balaban J connectivity index is 1.84. The third-order valence-electron chi connectivity index (χ3n) is 2.49. The van der Waals surface area contributed by atoms with E-state index >= 15 is 0 Å². The molecule has 0 bridgehead atoms. The van der Waals surface area contributed by atoms with Gasteiger partial charge in [0.2, 0.25) is 5.95 Å². The number of hydrogen-bond donors (Lipinski definition) is 1. The molecule has 0 fully saturated rings. The van der Waals surface area contributed by atoms with Gasteiger partial charge < -0.3 is 10.1 Å². The zero-order valence-electron chi connectivity index (χ0n) is 11.3. The SMILES string of the molecule is CCNc1nc(OCc2cccs2)nc(-n2cncn2)n1. The third kappa shape index (κ3) is 3.31. The van der Waals surface area contributed by atoms with E-state index in [-0.39, 0.29) is 6.01 Å². The number of hydrogen-bond acceptors (Lipinski definition) is 8. The van der Waals surface area contributed by atoms with E-state index in [1.54, 1.807) is 11.3 Å². The molecule has 0 saturated heterocycles. The minimum absolute atomic E-state index is 0.250. The van der Waals surface area contributed by atoms with Crippen LogP contribution in [0.25, 0.3) is 5.95 Å². The predicted molar refractivity (Wildman–Crippen MR) is 77.6 cm³/mol. The summed E-state index contributed by atoms with van der Waals surface area (Å²) in [4.78, 5) is 17.7. The Morgan fingerprint density at radius 3 is 3.00 bits per heavy atom. The van der Waals surface area contributed by atoms with Gasteiger partial charge in [-0.3, -0.25) is 0 Å². The molecule has 0 spiro atoms. The predicted octanol–water partition coefficient (Wildman–Crippen LogP) is 1.52. The molecular weight excluding hydrogens is 290 g/mol. The number of nitrogens with zero attached hydrogens (tertiary/aromatic N) is 6. The van der Waals surface area contributed by atoms with Crippen molar-refractivity contribution in [2.75, 3.05) is 11.9 Å². The summed E-state index contributed by atoms with van der Waals surface area (Å²) in [5, 5.41) is 9.05. The highest BCUT2D eigenvalue weighted by molar-refractivity contribution is 7.09. The van der Waals surface area contributed by atoms with E-state index in [2.05, 4.69) is 30.4 Å². The molecule has 0 aromatic carbocycles. The standard InChI is InChI=1S/C12H13N7OS/c1-2-14-10-16-11(19-8-13-7-15-19)18-12(17-10)20-6-9-4-3-5-21-9/h3-5,7-8H,2,6H2,1H3,(H,14,16,17,18). The van der Waals surface area contributed by atoms with Crippen molar-refractivity contribution in [3.05, 3.63) is 35.0 Å². The quantitative estimate of drug-likeness (QED) is 0.738. The molecule has 3 heterocycles. The topological polar surface area (TPSA) is 90.6 Å². The lowest BCUT2D eigenvalue weighted by molar-refractivity contribution is 0.283. The first-order valence-electron chi connectivity index (χ1n) is 6.35. The fraction of sp³-hybridized carbons (Fsp3) is 0.250. The minimum Gasteiger partial charge on any atom is -0.458 e. The maximum absolute atomic E-state index is 5.62. The molecule has 108 valence electrons. The molecule has 3 aromatic rings. The summed E-state index contributed by atoms with van der Waals surface area (Å²) in [7, 11) is 0. The maximum Gasteiger partial charge on any atom is 0.323 e. The molecule has 0 aliphatic rings. The number of ether oxygens (including phenoxy) is 1. The molecule has 0 atom stereocenters. The second-order valence-corrected chi connectivity index (χ2v) is 5.01. The van der Waals surface area contributed by atoms with Crippen LogP contribution < -0.4 is 10.1 Å². The van der Waals surface area contributed by atoms with Crippen LogP contribution in [0.4, 0.5) is 5.95 Å². The van der Waals surface area contributed by atoms with Crippen molar-refractivity contribution in [3.8, 4) is 12.0 Å². The van der Waals surface area contributed by atoms with Crippen LogP contribution in [-0.4, -0.2) is 36.3 Å². The number of aromatic nitrogens is 6. The van der Waals surface area contributed by atoms with Crippen LogP contribution >= 0.6 is 11.3 Å². The summed E-state index contributed by atoms with van der Waals surface area (Å²) in [6.07, 6.45) is 2.94. The third-order valence-corrected chi connectivity index (χ3v) is 3.34. The maximum atomic E-state index is 5.62. The van der Waals surface area contributed by atoms with Gasteiger partial charge in [0.1, 0.15) is 19.3 Å². The van der Waals surface area contributed by atoms with Crippen LogP contribution in [0.3, 0.4) is 0 Å². The van der Waals surface area contributed by atoms with Crippen molar-refractivity contribution in [3.63, 3.8) is 0 Å². The highest BCUT2D eigenvalue weighted by Crippen LogP contribution is 2.14. The summed E-state index contributed by atoms with van der Waals surface area (Å²) >= 11 is 1.62. The van der Waals surface area contributed by atoms with Crippen LogP contribution in [0.15, 0.2) is 30.2 Å². The van der Waals surface area contributed by atoms with E-state index in [1.165, 1.54) is 17.3 Å². The van der Waals surface area contributed by atoms with Gasteiger partial charge in [-0.25, -0.2) is 4.98 Å². The average molecular weight is 303 g/mol. The molecule has 0 saturated carbocycles. The Labute approximate surface area is 124 Å². The van der Waals surface area contributed by atoms with Gasteiger partial charge >= 0.3 is 6.01 Å². The van der Waals surface area contributed by atoms with E-state index in [0.29, 0.717) is 25.0 Å². The van der Waals surface area contributed by atoms with E-state index in [4.69, 9.17) is 4.74 Å². The Morgan fingerprint density at radius 1 is 1.33 bits per heavy atom. The average Bonchev–Trinajstić information content (AvgIpc) is 3.19. The van der Waals surface area contributed by atoms with Gasteiger partial charge in [0.05, 0.1) is 0 Å². The number of rotatable bonds is 6. The lowest BCUT2D eigenvalue weighted by Crippen LogP contribution is -2.11. The van der Waals surface area contributed by atoms with E-state index in [9.17, 15) is 0 Å². The smallest absolute Gasteiger partial charge is 0.323 e. The highest BCUT2D eigenvalue weighted by atomic mass is 32.1. The second-order valence-electron chi connectivity index (χ2n) is 3.98. The van der Waals surface area contributed by atoms with Gasteiger partial charge in [-0.2, -0.15) is 24.7 Å². The van der Waals surface area contributed by atoms with Crippen molar-refractivity contribution in [2.24, 2.45) is 0 Å². The van der Waals surface area contributed by atoms with Crippen molar-refractivity contribution in [1.82, 2.24) is 29.7 Å². The Bertz CT molecular complexity index is 684. The fourth-order valence-electron chi connectivity index (χ4n) is 1.59. The van der Waals surface area contributed by atoms with Gasteiger partial charge in [0.25, 0.3) is 5.95 Å². The van der Waals surface area contributed by atoms with Crippen molar-refractivity contribution < 1.29 is 4.74 Å². The lowest BCUT2D eigenvalue weighted by Gasteiger charge is -2.07. The summed E-state index contributed by atoms with van der Waals surface area (Å²) in [6.45, 7) is 3.08. The van der Waals surface area contributed by atoms with Crippen LogP contribution in [0, 0.1) is 0 Å². The molecule has 8 nitrogen and oxygen atoms in total. The Kier molecular flexibility index (Phi) is 4.01. The van der Waals surface area contributed by atoms with Crippen LogP contribution in [-0.2, 0) is 6.61 Å². The molecule has 0 aliphatic carbocycles. The summed E-state index contributed by atoms with van der Waals surface area (Å²) in [6, 6.07) is 4.22. The lowest BCUT2D eigenvalue weighted by atomic mass is 10.5. The molecule has 3 rings (SSSR count). The number of thiophene rings is 1. The summed E-state index contributed by atoms with van der Waals surface area (Å²) < 4.78 is 7.08. The first-order chi connectivity index (χ1) is 10.3. The molecule has 3 aromatic heterocycles. The molecule has 0 amide bonds. The van der Waals surface area contributed by atoms with Crippen molar-refractivity contribution in [2.45, 2.75) is 13.5 Å². The van der Waals surface area contributed by atoms with Crippen molar-refractivity contribution >= 4 is 17.3 Å². The summed E-state index contributed by atoms with van der Waals surface area (Å²) in [5.41, 5.74) is 0. The fourth-order valence-corrected chi connectivity index (χ4v) is 2.21. The zero-order chi connectivity index (χ0) is 14.5. The highest BCUT2D eigenvalue weighted by Gasteiger charge is 2.10. The largest absolute Gasteiger partial charge is 0.458 e. The zero-order valence-corrected chi connectivity index (χ0v) is 12.1. The number of nitrogens with one attached hydrogen (secondary N) is 1. The summed E-state index contributed by atoms with van der Waals surface area (Å²) in [5.74, 6) is 0.804. The van der Waals surface area contributed by atoms with Gasteiger partial charge in [-0.1, -0.05) is 6.07 Å². The van der Waals surface area contributed by atoms with Gasteiger partial charge in [-0.05, 0) is 18.4 Å². The molecule has 9 heteroatoms. The molecule has 0 unspecified atom stereocenters. The minimum atomic E-state index is 0.250. The molecule has 21 heavy (non-hydrogen) atoms. The van der Waals surface area contributed by atoms with Gasteiger partial charge in [0, 0.05) is 11.4 Å². The Morgan fingerprint density at radius 2 is 2.29 bits per heavy atom. The van der Waals surface area contributed by atoms with Crippen LogP contribution in [0.2, 0.25) is 0 Å². The monoisotopic (exact) mass is 303 g/mol. The van der Waals surface area contributed by atoms with E-state index in [0.717, 1.165) is 4.88 Å². The van der Waals surface area contributed by atoms with Crippen molar-refractivity contribution in [1.29, 1.82) is 0 Å². The molecule has 0 radical (unpaired) electrons. The normalized spacial score (nSPS) is 10.5. The first-order valence-corrected chi connectivity index (χ1v) is 7.23. The molecule has 1 N–H and O–H groups in total. The van der Waals surface area contributed by atoms with Crippen LogP contribution in [0.5, 0.6) is 6.01 Å². The van der Waals surface area contributed by atoms with Gasteiger partial charge in [-0.15, -0.1) is 11.3 Å². The number of anilines is 1. The van der Waals surface area contributed by atoms with E-state index in [1.807, 2.05) is 24.4 Å². The second kappa shape index (κ2) is 6.27. The Hall–Kier alpha value is -2.55. The molecular formula is C12H13N7OS. The van der Waals surface area contributed by atoms with Gasteiger partial charge in [0.15, 0.2) is 0 Å². The first kappa shape index (κ1) is 13.4. The van der Waals surface area contributed by atoms with E-state index < -0.39 is 0 Å². The molecule has 0 aliphatic heterocycles. The van der Waals surface area contributed by atoms with Crippen LogP contribution in [0.1, 0.15) is 11.8 Å².